The molecule has 0 bridgehead atoms. The summed E-state index contributed by atoms with van der Waals surface area (Å²) < 4.78 is 0. The van der Waals surface area contributed by atoms with Gasteiger partial charge in [0.15, 0.2) is 0 Å². The minimum atomic E-state index is 0.907. The van der Waals surface area contributed by atoms with Crippen LogP contribution in [-0.4, -0.2) is 0 Å². The van der Waals surface area contributed by atoms with Crippen molar-refractivity contribution in [3.63, 3.8) is 0 Å². The van der Waals surface area contributed by atoms with Crippen molar-refractivity contribution in [1.82, 2.24) is 0 Å². The van der Waals surface area contributed by atoms with Crippen LogP contribution >= 0.6 is 0 Å². The topological polar surface area (TPSA) is 0 Å². The van der Waals surface area contributed by atoms with Crippen molar-refractivity contribution in [2.75, 3.05) is 0 Å². The van der Waals surface area contributed by atoms with Crippen LogP contribution in [0.5, 0.6) is 0 Å². The predicted octanol–water partition coefficient (Wildman–Crippen LogP) is 2.63. The van der Waals surface area contributed by atoms with E-state index in [1.807, 2.05) is 0 Å². The van der Waals surface area contributed by atoms with Gasteiger partial charge in [-0.3, -0.25) is 0 Å². The molecule has 53 valence electrons. The van der Waals surface area contributed by atoms with E-state index in [9.17, 15) is 0 Å². The number of aryl methyl sites for hydroxylation is 1. The fourth-order valence-electron chi connectivity index (χ4n) is 1.15. The maximum atomic E-state index is 3.86. The van der Waals surface area contributed by atoms with Crippen LogP contribution in [0, 0.1) is 6.92 Å². The first-order valence-electron chi connectivity index (χ1n) is 3.74. The highest BCUT2D eigenvalue weighted by molar-refractivity contribution is 5.27. The molecular weight excluding hydrogens is 120 g/mol. The molecule has 0 aromatic heterocycles. The minimum Gasteiger partial charge on any atom is -0.0620 e. The summed E-state index contributed by atoms with van der Waals surface area (Å²) in [6, 6.07) is 8.46. The van der Waals surface area contributed by atoms with Crippen LogP contribution in [0.15, 0.2) is 24.3 Å². The van der Waals surface area contributed by atoms with Gasteiger partial charge in [0.1, 0.15) is 0 Å². The lowest BCUT2D eigenvalue weighted by Gasteiger charge is -2.02. The van der Waals surface area contributed by atoms with Gasteiger partial charge < -0.3 is 0 Å². The van der Waals surface area contributed by atoms with Crippen molar-refractivity contribution >= 4 is 0 Å². The maximum Gasteiger partial charge on any atom is -0.0276 e. The van der Waals surface area contributed by atoms with E-state index >= 15 is 0 Å². The van der Waals surface area contributed by atoms with Gasteiger partial charge in [-0.1, -0.05) is 31.2 Å². The van der Waals surface area contributed by atoms with Gasteiger partial charge in [0, 0.05) is 0 Å². The monoisotopic (exact) mass is 133 g/mol. The SMILES string of the molecule is [CH2]Cc1ccccc1CC. The molecule has 0 saturated carbocycles. The maximum absolute atomic E-state index is 3.86. The van der Waals surface area contributed by atoms with Gasteiger partial charge in [-0.05, 0) is 30.9 Å². The van der Waals surface area contributed by atoms with E-state index in [1.165, 1.54) is 11.1 Å². The molecule has 0 aliphatic carbocycles. The van der Waals surface area contributed by atoms with E-state index in [0.717, 1.165) is 12.8 Å². The molecule has 0 atom stereocenters. The molecule has 0 aliphatic heterocycles. The standard InChI is InChI=1S/C10H13/c1-3-9-7-5-6-8-10(9)4-2/h5-8H,1,3-4H2,2H3. The summed E-state index contributed by atoms with van der Waals surface area (Å²) in [6.07, 6.45) is 2.02. The number of hydrogen-bond donors (Lipinski definition) is 0. The van der Waals surface area contributed by atoms with Crippen molar-refractivity contribution < 1.29 is 0 Å². The summed E-state index contributed by atoms with van der Waals surface area (Å²) in [5, 5.41) is 0. The first-order valence-corrected chi connectivity index (χ1v) is 3.74. The Kier molecular flexibility index (Phi) is 2.49. The van der Waals surface area contributed by atoms with Gasteiger partial charge >= 0.3 is 0 Å². The van der Waals surface area contributed by atoms with Crippen LogP contribution < -0.4 is 0 Å². The summed E-state index contributed by atoms with van der Waals surface area (Å²) in [6.45, 7) is 6.04. The van der Waals surface area contributed by atoms with Crippen molar-refractivity contribution in [2.45, 2.75) is 19.8 Å². The smallest absolute Gasteiger partial charge is 0.0276 e. The predicted molar refractivity (Wildman–Crippen MR) is 44.9 cm³/mol. The van der Waals surface area contributed by atoms with E-state index in [1.54, 1.807) is 0 Å². The second-order valence-electron chi connectivity index (χ2n) is 2.37. The van der Waals surface area contributed by atoms with E-state index in [2.05, 4.69) is 38.1 Å². The van der Waals surface area contributed by atoms with Gasteiger partial charge in [-0.25, -0.2) is 0 Å². The average molecular weight is 133 g/mol. The zero-order chi connectivity index (χ0) is 7.40. The van der Waals surface area contributed by atoms with Crippen LogP contribution in [-0.2, 0) is 12.8 Å². The zero-order valence-corrected chi connectivity index (χ0v) is 6.43. The molecule has 0 heterocycles. The van der Waals surface area contributed by atoms with E-state index in [4.69, 9.17) is 0 Å². The second kappa shape index (κ2) is 3.40. The Balaban J connectivity index is 2.96. The lowest BCUT2D eigenvalue weighted by atomic mass is 10.0. The molecule has 0 heteroatoms. The van der Waals surface area contributed by atoms with Crippen molar-refractivity contribution in [3.8, 4) is 0 Å². The first kappa shape index (κ1) is 7.33. The summed E-state index contributed by atoms with van der Waals surface area (Å²) >= 11 is 0. The molecule has 0 amide bonds. The largest absolute Gasteiger partial charge is 0.0620 e. The molecule has 0 nitrogen and oxygen atoms in total. The normalized spacial score (nSPS) is 9.80. The van der Waals surface area contributed by atoms with Crippen LogP contribution in [0.2, 0.25) is 0 Å². The molecule has 0 saturated heterocycles. The van der Waals surface area contributed by atoms with Crippen molar-refractivity contribution in [2.24, 2.45) is 0 Å². The van der Waals surface area contributed by atoms with Crippen LogP contribution in [0.3, 0.4) is 0 Å². The fourth-order valence-corrected chi connectivity index (χ4v) is 1.15. The lowest BCUT2D eigenvalue weighted by molar-refractivity contribution is 1.08. The number of rotatable bonds is 2. The first-order chi connectivity index (χ1) is 4.88. The molecule has 0 spiro atoms. The van der Waals surface area contributed by atoms with Gasteiger partial charge in [0.25, 0.3) is 0 Å². The summed E-state index contributed by atoms with van der Waals surface area (Å²) in [5.41, 5.74) is 2.81. The zero-order valence-electron chi connectivity index (χ0n) is 6.43. The van der Waals surface area contributed by atoms with Gasteiger partial charge in [0.2, 0.25) is 0 Å². The molecule has 0 aliphatic rings. The average Bonchev–Trinajstić information content (AvgIpc) is 2.04. The number of benzene rings is 1. The Morgan fingerprint density at radius 1 is 1.20 bits per heavy atom. The highest BCUT2D eigenvalue weighted by atomic mass is 14.0. The Labute approximate surface area is 62.9 Å². The molecule has 1 rings (SSSR count). The lowest BCUT2D eigenvalue weighted by Crippen LogP contribution is -1.88. The third-order valence-electron chi connectivity index (χ3n) is 1.77. The fraction of sp³-hybridized carbons (Fsp3) is 0.300. The molecule has 1 aromatic rings. The third-order valence-corrected chi connectivity index (χ3v) is 1.77. The Morgan fingerprint density at radius 3 is 2.20 bits per heavy atom. The van der Waals surface area contributed by atoms with Crippen molar-refractivity contribution in [1.29, 1.82) is 0 Å². The number of hydrogen-bond acceptors (Lipinski definition) is 0. The second-order valence-corrected chi connectivity index (χ2v) is 2.37. The quantitative estimate of drug-likeness (QED) is 0.581. The molecule has 1 aromatic carbocycles. The van der Waals surface area contributed by atoms with Crippen LogP contribution in [0.1, 0.15) is 18.1 Å². The minimum absolute atomic E-state index is 0.907. The highest BCUT2D eigenvalue weighted by Crippen LogP contribution is 2.08. The molecule has 0 fully saturated rings. The summed E-state index contributed by atoms with van der Waals surface area (Å²) in [5.74, 6) is 0. The van der Waals surface area contributed by atoms with Gasteiger partial charge in [0.05, 0.1) is 0 Å². The molecule has 1 radical (unpaired) electrons. The summed E-state index contributed by atoms with van der Waals surface area (Å²) in [7, 11) is 0. The highest BCUT2D eigenvalue weighted by Gasteiger charge is 1.93. The van der Waals surface area contributed by atoms with Crippen molar-refractivity contribution in [3.05, 3.63) is 42.3 Å². The van der Waals surface area contributed by atoms with E-state index in [-0.39, 0.29) is 0 Å². The Hall–Kier alpha value is -0.780. The van der Waals surface area contributed by atoms with E-state index < -0.39 is 0 Å². The molecule has 10 heavy (non-hydrogen) atoms. The molecule has 0 unspecified atom stereocenters. The third kappa shape index (κ3) is 1.38. The van der Waals surface area contributed by atoms with Gasteiger partial charge in [-0.2, -0.15) is 0 Å². The van der Waals surface area contributed by atoms with Gasteiger partial charge in [-0.15, -0.1) is 0 Å². The summed E-state index contributed by atoms with van der Waals surface area (Å²) in [4.78, 5) is 0. The molecule has 0 N–H and O–H groups in total. The van der Waals surface area contributed by atoms with Crippen LogP contribution in [0.25, 0.3) is 0 Å². The Morgan fingerprint density at radius 2 is 1.80 bits per heavy atom. The molecular formula is C10H13. The van der Waals surface area contributed by atoms with Crippen LogP contribution in [0.4, 0.5) is 0 Å². The Bertz CT molecular complexity index is 178. The van der Waals surface area contributed by atoms with E-state index in [0.29, 0.717) is 0 Å².